The molecule has 320 valence electrons. The topological polar surface area (TPSA) is 227 Å². The number of aliphatic carboxylic acids is 2. The van der Waals surface area contributed by atoms with Crippen LogP contribution in [-0.4, -0.2) is 75.8 Å². The Hall–Kier alpha value is -6.33. The fourth-order valence-corrected chi connectivity index (χ4v) is 7.87. The molecule has 0 saturated carbocycles. The van der Waals surface area contributed by atoms with Crippen LogP contribution in [0.2, 0.25) is 0 Å². The Morgan fingerprint density at radius 1 is 0.839 bits per heavy atom. The monoisotopic (exact) mass is 903 g/mol. The Kier molecular flexibility index (Phi) is 15.6. The predicted molar refractivity (Wildman–Crippen MR) is 232 cm³/mol. The van der Waals surface area contributed by atoms with Crippen molar-refractivity contribution < 1.29 is 44.2 Å². The van der Waals surface area contributed by atoms with Gasteiger partial charge in [-0.05, 0) is 117 Å². The fraction of sp³-hybridized carbons (Fsp3) is 0.298. The van der Waals surface area contributed by atoms with Crippen LogP contribution in [0, 0.1) is 29.6 Å². The number of rotatable bonds is 21. The number of fused-ring (bicyclic) bond motifs is 1. The van der Waals surface area contributed by atoms with E-state index in [9.17, 15) is 30.3 Å². The molecular weight excluding hydrogens is 858 g/mol. The molecule has 1 heterocycles. The largest absolute Gasteiger partial charge is 0.492 e. The van der Waals surface area contributed by atoms with Gasteiger partial charge in [0.05, 0.1) is 52.8 Å². The van der Waals surface area contributed by atoms with Gasteiger partial charge in [0.2, 0.25) is 11.8 Å². The minimum Gasteiger partial charge on any atom is -0.492 e. The summed E-state index contributed by atoms with van der Waals surface area (Å²) in [6, 6.07) is 31.1. The summed E-state index contributed by atoms with van der Waals surface area (Å²) in [4.78, 5) is 26.6. The van der Waals surface area contributed by atoms with Gasteiger partial charge in [0, 0.05) is 31.7 Å². The van der Waals surface area contributed by atoms with Crippen molar-refractivity contribution >= 4 is 27.9 Å². The average Bonchev–Trinajstić information content (AvgIpc) is 3.66. The maximum Gasteiger partial charge on any atom is 0.306 e. The number of benzene rings is 4. The van der Waals surface area contributed by atoms with Crippen molar-refractivity contribution in [2.75, 3.05) is 26.2 Å². The van der Waals surface area contributed by atoms with Crippen LogP contribution >= 0.6 is 15.9 Å². The van der Waals surface area contributed by atoms with Gasteiger partial charge in [-0.2, -0.15) is 15.5 Å². The van der Waals surface area contributed by atoms with Crippen LogP contribution in [0.1, 0.15) is 64.3 Å². The molecule has 6 N–H and O–H groups in total. The standard InChI is InChI=1S/C47H46BrN5O9/c1-28-37(32-8-10-36(11-9-32)60-15-14-51-25-34(54)20-44(56)57)4-2-5-38(28)39-6-3-7-41-40(39)12-13-43(41)62-47-42(48)19-33(24-52-26-35(55)21-45(58)59)46(53-47)61-27-31-17-29(22-49)16-30(18-31)23-50/h2-11,16-19,34-35,43,51-52,54-55H,12-15,20-21,24-27H2,1H3,(H,56,57)(H,58,59)/t34-,35-,43-/m0/s1. The van der Waals surface area contributed by atoms with Crippen LogP contribution in [0.25, 0.3) is 22.3 Å². The summed E-state index contributed by atoms with van der Waals surface area (Å²) in [5.74, 6) is -0.928. The number of ether oxygens (including phenoxy) is 3. The van der Waals surface area contributed by atoms with Crippen LogP contribution in [0.3, 0.4) is 0 Å². The van der Waals surface area contributed by atoms with E-state index in [1.165, 1.54) is 11.6 Å². The molecule has 0 fully saturated rings. The lowest BCUT2D eigenvalue weighted by atomic mass is 9.89. The zero-order valence-electron chi connectivity index (χ0n) is 33.9. The van der Waals surface area contributed by atoms with Crippen LogP contribution in [0.4, 0.5) is 0 Å². The molecule has 4 aromatic carbocycles. The third-order valence-corrected chi connectivity index (χ3v) is 10.9. The van der Waals surface area contributed by atoms with E-state index in [1.807, 2.05) is 30.3 Å². The number of halogens is 1. The summed E-state index contributed by atoms with van der Waals surface area (Å²) >= 11 is 3.64. The molecule has 14 nitrogen and oxygen atoms in total. The molecule has 6 rings (SSSR count). The number of nitriles is 2. The summed E-state index contributed by atoms with van der Waals surface area (Å²) < 4.78 is 19.3. The number of aromatic nitrogens is 1. The van der Waals surface area contributed by atoms with E-state index < -0.39 is 30.6 Å². The fourth-order valence-electron chi connectivity index (χ4n) is 7.41. The lowest BCUT2D eigenvalue weighted by molar-refractivity contribution is -0.140. The molecule has 0 saturated heterocycles. The number of carboxylic acids is 2. The van der Waals surface area contributed by atoms with Crippen molar-refractivity contribution in [2.45, 2.75) is 64.1 Å². The molecular formula is C47H46BrN5O9. The zero-order valence-corrected chi connectivity index (χ0v) is 35.5. The number of nitrogens with one attached hydrogen (secondary N) is 2. The van der Waals surface area contributed by atoms with E-state index >= 15 is 0 Å². The summed E-state index contributed by atoms with van der Waals surface area (Å²) in [5, 5.41) is 62.7. The third-order valence-electron chi connectivity index (χ3n) is 10.3. The SMILES string of the molecule is Cc1c(-c2ccc(OCCNC[C@@H](O)CC(=O)O)cc2)cccc1-c1cccc2c1CC[C@@H]2Oc1nc(OCc2cc(C#N)cc(C#N)c2)c(CNC[C@@H](O)CC(=O)O)cc1Br. The second-order valence-corrected chi connectivity index (χ2v) is 15.7. The minimum atomic E-state index is -1.11. The Balaban J connectivity index is 1.18. The molecule has 62 heavy (non-hydrogen) atoms. The summed E-state index contributed by atoms with van der Waals surface area (Å²) in [5.41, 5.74) is 9.55. The summed E-state index contributed by atoms with van der Waals surface area (Å²) in [6.07, 6.45) is -1.61. The van der Waals surface area contributed by atoms with Gasteiger partial charge in [0.15, 0.2) is 0 Å². The van der Waals surface area contributed by atoms with Gasteiger partial charge in [-0.25, -0.2) is 0 Å². The first-order valence-corrected chi connectivity index (χ1v) is 20.8. The van der Waals surface area contributed by atoms with E-state index in [0.717, 1.165) is 39.8 Å². The summed E-state index contributed by atoms with van der Waals surface area (Å²) in [6.45, 7) is 3.31. The molecule has 3 atom stereocenters. The van der Waals surface area contributed by atoms with Crippen molar-refractivity contribution in [3.8, 4) is 51.9 Å². The molecule has 1 aliphatic carbocycles. The molecule has 1 aromatic heterocycles. The van der Waals surface area contributed by atoms with Crippen LogP contribution in [0.15, 0.2) is 89.4 Å². The Labute approximate surface area is 367 Å². The van der Waals surface area contributed by atoms with Crippen molar-refractivity contribution in [3.63, 3.8) is 0 Å². The zero-order chi connectivity index (χ0) is 44.2. The number of aliphatic hydroxyl groups is 2. The predicted octanol–water partition coefficient (Wildman–Crippen LogP) is 6.60. The van der Waals surface area contributed by atoms with Crippen molar-refractivity contribution in [1.82, 2.24) is 15.6 Å². The molecule has 5 aromatic rings. The van der Waals surface area contributed by atoms with Crippen molar-refractivity contribution in [2.24, 2.45) is 0 Å². The van der Waals surface area contributed by atoms with E-state index in [1.54, 1.807) is 18.2 Å². The maximum atomic E-state index is 11.1. The van der Waals surface area contributed by atoms with Crippen molar-refractivity contribution in [1.29, 1.82) is 10.5 Å². The van der Waals surface area contributed by atoms with Gasteiger partial charge < -0.3 is 45.3 Å². The number of hydrogen-bond acceptors (Lipinski definition) is 12. The second kappa shape index (κ2) is 21.5. The van der Waals surface area contributed by atoms with E-state index in [4.69, 9.17) is 29.4 Å². The molecule has 1 aliphatic rings. The number of carbonyl (C=O) groups is 2. The maximum absolute atomic E-state index is 11.1. The number of nitrogens with zero attached hydrogens (tertiary/aromatic N) is 3. The highest BCUT2D eigenvalue weighted by Crippen LogP contribution is 2.43. The molecule has 0 bridgehead atoms. The van der Waals surface area contributed by atoms with E-state index in [-0.39, 0.29) is 44.6 Å². The molecule has 0 spiro atoms. The third kappa shape index (κ3) is 11.9. The van der Waals surface area contributed by atoms with Gasteiger partial charge in [0.25, 0.3) is 0 Å². The highest BCUT2D eigenvalue weighted by atomic mass is 79.9. The molecule has 0 amide bonds. The molecule has 0 radical (unpaired) electrons. The Bertz CT molecular complexity index is 2450. The van der Waals surface area contributed by atoms with Gasteiger partial charge >= 0.3 is 11.9 Å². The highest BCUT2D eigenvalue weighted by Gasteiger charge is 2.29. The smallest absolute Gasteiger partial charge is 0.306 e. The first-order chi connectivity index (χ1) is 29.9. The van der Waals surface area contributed by atoms with Gasteiger partial charge in [-0.3, -0.25) is 9.59 Å². The quantitative estimate of drug-likeness (QED) is 0.0427. The normalized spacial score (nSPS) is 13.9. The van der Waals surface area contributed by atoms with Gasteiger partial charge in [-0.1, -0.05) is 48.5 Å². The van der Waals surface area contributed by atoms with E-state index in [0.29, 0.717) is 57.9 Å². The molecule has 0 aliphatic heterocycles. The first-order valence-electron chi connectivity index (χ1n) is 20.0. The van der Waals surface area contributed by atoms with Gasteiger partial charge in [0.1, 0.15) is 25.1 Å². The lowest BCUT2D eigenvalue weighted by Gasteiger charge is -2.19. The minimum absolute atomic E-state index is 0.00183. The van der Waals surface area contributed by atoms with Gasteiger partial charge in [-0.15, -0.1) is 0 Å². The number of pyridine rings is 1. The number of aliphatic hydroxyl groups excluding tert-OH is 2. The first kappa shape index (κ1) is 45.2. The second-order valence-electron chi connectivity index (χ2n) is 14.9. The van der Waals surface area contributed by atoms with Crippen LogP contribution < -0.4 is 24.8 Å². The summed E-state index contributed by atoms with van der Waals surface area (Å²) in [7, 11) is 0. The average molecular weight is 905 g/mol. The highest BCUT2D eigenvalue weighted by molar-refractivity contribution is 9.10. The Morgan fingerprint density at radius 3 is 2.16 bits per heavy atom. The van der Waals surface area contributed by atoms with Crippen LogP contribution in [-0.2, 0) is 29.2 Å². The molecule has 15 heteroatoms. The van der Waals surface area contributed by atoms with Crippen LogP contribution in [0.5, 0.6) is 17.5 Å². The Morgan fingerprint density at radius 2 is 1.48 bits per heavy atom. The molecule has 0 unspecified atom stereocenters. The van der Waals surface area contributed by atoms with E-state index in [2.05, 4.69) is 76.0 Å². The number of carboxylic acid groups (broad SMARTS) is 2. The van der Waals surface area contributed by atoms with Crippen molar-refractivity contribution in [3.05, 3.63) is 128 Å². The lowest BCUT2D eigenvalue weighted by Crippen LogP contribution is -2.31. The number of hydrogen-bond donors (Lipinski definition) is 6.